The third-order valence-corrected chi connectivity index (χ3v) is 1.81. The molecule has 0 aromatic rings. The minimum absolute atomic E-state index is 0.551. The fraction of sp³-hybridized carbons (Fsp3) is 0.818. The van der Waals surface area contributed by atoms with E-state index >= 15 is 0 Å². The van der Waals surface area contributed by atoms with Gasteiger partial charge < -0.3 is 25.0 Å². The van der Waals surface area contributed by atoms with Gasteiger partial charge in [-0.15, -0.1) is 0 Å². The van der Waals surface area contributed by atoms with E-state index in [4.69, 9.17) is 25.8 Å². The molecule has 0 aliphatic rings. The van der Waals surface area contributed by atoms with Crippen molar-refractivity contribution in [2.45, 2.75) is 13.8 Å². The van der Waals surface area contributed by atoms with Crippen molar-refractivity contribution in [3.8, 4) is 0 Å². The van der Waals surface area contributed by atoms with Gasteiger partial charge in [0.2, 0.25) is 0 Å². The predicted octanol–water partition coefficient (Wildman–Crippen LogP) is 0.0518. The Morgan fingerprint density at radius 1 is 1.06 bits per heavy atom. The molecule has 0 saturated heterocycles. The summed E-state index contributed by atoms with van der Waals surface area (Å²) in [5.41, 5.74) is 6.14. The second-order valence-electron chi connectivity index (χ2n) is 3.53. The minimum Gasteiger partial charge on any atom is -0.401 e. The first-order valence-electron chi connectivity index (χ1n) is 5.85. The maximum atomic E-state index is 5.62. The van der Waals surface area contributed by atoms with Gasteiger partial charge in [0.1, 0.15) is 0 Å². The molecule has 0 amide bonds. The molecule has 0 heterocycles. The van der Waals surface area contributed by atoms with E-state index in [2.05, 4.69) is 0 Å². The first-order chi connectivity index (χ1) is 8.16. The lowest BCUT2D eigenvalue weighted by molar-refractivity contribution is 0.0144. The van der Waals surface area contributed by atoms with E-state index < -0.39 is 0 Å². The van der Waals surface area contributed by atoms with E-state index in [1.165, 1.54) is 5.01 Å². The topological polar surface area (TPSA) is 83.0 Å². The second kappa shape index (κ2) is 11.7. The van der Waals surface area contributed by atoms with Crippen LogP contribution in [-0.4, -0.2) is 51.2 Å². The summed E-state index contributed by atoms with van der Waals surface area (Å²) in [6.07, 6.45) is 1.67. The molecule has 0 aliphatic carbocycles. The fourth-order valence-corrected chi connectivity index (χ4v) is 1.08. The van der Waals surface area contributed by atoms with Crippen molar-refractivity contribution in [1.82, 2.24) is 5.01 Å². The van der Waals surface area contributed by atoms with E-state index in [0.29, 0.717) is 45.3 Å². The van der Waals surface area contributed by atoms with Crippen molar-refractivity contribution in [2.75, 3.05) is 46.2 Å². The zero-order valence-electron chi connectivity index (χ0n) is 10.9. The van der Waals surface area contributed by atoms with Gasteiger partial charge in [0, 0.05) is 18.5 Å². The highest BCUT2D eigenvalue weighted by atomic mass is 16.5. The summed E-state index contributed by atoms with van der Waals surface area (Å²) in [4.78, 5) is 0. The third-order valence-electron chi connectivity index (χ3n) is 1.81. The Balaban J connectivity index is 3.16. The Kier molecular flexibility index (Phi) is 11.1. The summed E-state index contributed by atoms with van der Waals surface area (Å²) in [7, 11) is 0. The molecular formula is C11H25N3O3. The van der Waals surface area contributed by atoms with Crippen molar-refractivity contribution in [3.05, 3.63) is 11.9 Å². The van der Waals surface area contributed by atoms with E-state index in [1.807, 2.05) is 6.92 Å². The standard InChI is InChI=1S/C11H25N3O3/c1-3-15-6-7-17-9-8-16-5-4-14(13)10-11(2)12/h10H,3-9,12-13H2,1-2H3/b11-10-. The highest BCUT2D eigenvalue weighted by Crippen LogP contribution is 1.86. The van der Waals surface area contributed by atoms with Gasteiger partial charge in [0.25, 0.3) is 0 Å². The molecule has 0 bridgehead atoms. The number of hydrogen-bond acceptors (Lipinski definition) is 6. The van der Waals surface area contributed by atoms with Crippen LogP contribution >= 0.6 is 0 Å². The van der Waals surface area contributed by atoms with Crippen molar-refractivity contribution < 1.29 is 14.2 Å². The van der Waals surface area contributed by atoms with Gasteiger partial charge in [-0.2, -0.15) is 0 Å². The lowest BCUT2D eigenvalue weighted by Crippen LogP contribution is -2.30. The van der Waals surface area contributed by atoms with Gasteiger partial charge in [-0.05, 0) is 13.8 Å². The quantitative estimate of drug-likeness (QED) is 0.305. The highest BCUT2D eigenvalue weighted by molar-refractivity contribution is 4.89. The molecule has 0 saturated carbocycles. The van der Waals surface area contributed by atoms with Crippen LogP contribution in [0.3, 0.4) is 0 Å². The van der Waals surface area contributed by atoms with E-state index in [-0.39, 0.29) is 0 Å². The van der Waals surface area contributed by atoms with E-state index in [1.54, 1.807) is 13.1 Å². The molecule has 6 heteroatoms. The summed E-state index contributed by atoms with van der Waals surface area (Å²) < 4.78 is 15.7. The van der Waals surface area contributed by atoms with Crippen LogP contribution in [0.4, 0.5) is 0 Å². The summed E-state index contributed by atoms with van der Waals surface area (Å²) in [5, 5.41) is 1.51. The van der Waals surface area contributed by atoms with Gasteiger partial charge in [-0.1, -0.05) is 0 Å². The molecule has 0 aromatic heterocycles. The average molecular weight is 247 g/mol. The van der Waals surface area contributed by atoms with Crippen LogP contribution in [0.25, 0.3) is 0 Å². The van der Waals surface area contributed by atoms with Crippen molar-refractivity contribution in [1.29, 1.82) is 0 Å². The van der Waals surface area contributed by atoms with Gasteiger partial charge in [0.05, 0.1) is 39.6 Å². The number of allylic oxidation sites excluding steroid dienone is 1. The van der Waals surface area contributed by atoms with Crippen LogP contribution in [0.5, 0.6) is 0 Å². The number of hydrazine groups is 1. The molecule has 0 rings (SSSR count). The normalized spacial score (nSPS) is 11.8. The van der Waals surface area contributed by atoms with Crippen LogP contribution in [0.2, 0.25) is 0 Å². The molecule has 0 spiro atoms. The second-order valence-corrected chi connectivity index (χ2v) is 3.53. The molecular weight excluding hydrogens is 222 g/mol. The van der Waals surface area contributed by atoms with Crippen molar-refractivity contribution >= 4 is 0 Å². The molecule has 0 aromatic carbocycles. The monoisotopic (exact) mass is 247 g/mol. The molecule has 0 unspecified atom stereocenters. The molecule has 0 radical (unpaired) electrons. The molecule has 0 atom stereocenters. The maximum absolute atomic E-state index is 5.62. The minimum atomic E-state index is 0.551. The number of nitrogens with two attached hydrogens (primary N) is 2. The zero-order valence-corrected chi connectivity index (χ0v) is 10.9. The summed E-state index contributed by atoms with van der Waals surface area (Å²) in [6.45, 7) is 7.99. The SMILES string of the molecule is CCOCCOCCOCCN(N)/C=C(/C)N. The molecule has 6 nitrogen and oxygen atoms in total. The van der Waals surface area contributed by atoms with Gasteiger partial charge in [0.15, 0.2) is 0 Å². The Bertz CT molecular complexity index is 196. The Hall–Kier alpha value is -0.820. The number of hydrogen-bond donors (Lipinski definition) is 2. The highest BCUT2D eigenvalue weighted by Gasteiger charge is 1.94. The van der Waals surface area contributed by atoms with E-state index in [9.17, 15) is 0 Å². The lowest BCUT2D eigenvalue weighted by Gasteiger charge is -2.14. The smallest absolute Gasteiger partial charge is 0.0701 e. The van der Waals surface area contributed by atoms with Crippen molar-refractivity contribution in [3.63, 3.8) is 0 Å². The predicted molar refractivity (Wildman–Crippen MR) is 67.0 cm³/mol. The fourth-order valence-electron chi connectivity index (χ4n) is 1.08. The maximum Gasteiger partial charge on any atom is 0.0701 e. The summed E-state index contributed by atoms with van der Waals surface area (Å²) in [5.74, 6) is 5.62. The number of nitrogens with zero attached hydrogens (tertiary/aromatic N) is 1. The molecule has 4 N–H and O–H groups in total. The van der Waals surface area contributed by atoms with Crippen LogP contribution in [0, 0.1) is 0 Å². The Labute approximate surface area is 103 Å². The van der Waals surface area contributed by atoms with E-state index in [0.717, 1.165) is 6.61 Å². The molecule has 0 fully saturated rings. The average Bonchev–Trinajstić information content (AvgIpc) is 2.26. The van der Waals surface area contributed by atoms with Gasteiger partial charge in [-0.25, -0.2) is 5.84 Å². The van der Waals surface area contributed by atoms with Crippen LogP contribution in [-0.2, 0) is 14.2 Å². The Morgan fingerprint density at radius 3 is 2.12 bits per heavy atom. The summed E-state index contributed by atoms with van der Waals surface area (Å²) >= 11 is 0. The van der Waals surface area contributed by atoms with Gasteiger partial charge >= 0.3 is 0 Å². The molecule has 102 valence electrons. The largest absolute Gasteiger partial charge is 0.401 e. The number of rotatable bonds is 11. The lowest BCUT2D eigenvalue weighted by atomic mass is 10.5. The van der Waals surface area contributed by atoms with Gasteiger partial charge in [-0.3, -0.25) is 0 Å². The van der Waals surface area contributed by atoms with Crippen LogP contribution in [0.15, 0.2) is 11.9 Å². The van der Waals surface area contributed by atoms with Crippen LogP contribution < -0.4 is 11.6 Å². The van der Waals surface area contributed by atoms with Crippen molar-refractivity contribution in [2.24, 2.45) is 11.6 Å². The first-order valence-corrected chi connectivity index (χ1v) is 5.85. The first kappa shape index (κ1) is 16.2. The summed E-state index contributed by atoms with van der Waals surface area (Å²) in [6, 6.07) is 0. The third kappa shape index (κ3) is 13.1. The number of ether oxygens (including phenoxy) is 3. The Morgan fingerprint density at radius 2 is 1.59 bits per heavy atom. The van der Waals surface area contributed by atoms with Crippen LogP contribution in [0.1, 0.15) is 13.8 Å². The molecule has 0 aliphatic heterocycles. The zero-order chi connectivity index (χ0) is 12.9. The molecule has 17 heavy (non-hydrogen) atoms.